The van der Waals surface area contributed by atoms with E-state index in [0.717, 1.165) is 12.8 Å². The van der Waals surface area contributed by atoms with Crippen LogP contribution < -0.4 is 10.9 Å². The highest BCUT2D eigenvalue weighted by Gasteiger charge is 2.25. The van der Waals surface area contributed by atoms with Gasteiger partial charge in [0.05, 0.1) is 22.8 Å². The Balaban J connectivity index is 1.50. The van der Waals surface area contributed by atoms with Gasteiger partial charge in [-0.25, -0.2) is 19.3 Å². The molecule has 1 fully saturated rings. The summed E-state index contributed by atoms with van der Waals surface area (Å²) in [5.74, 6) is 0.536. The number of nitrogens with one attached hydrogen (secondary N) is 3. The fraction of sp³-hybridized carbons (Fsp3) is 0.320. The highest BCUT2D eigenvalue weighted by atomic mass is 19.1. The van der Waals surface area contributed by atoms with Crippen molar-refractivity contribution in [2.75, 3.05) is 18.5 Å². The molecule has 36 heavy (non-hydrogen) atoms. The van der Waals surface area contributed by atoms with E-state index in [1.54, 1.807) is 42.5 Å². The van der Waals surface area contributed by atoms with Gasteiger partial charge < -0.3 is 20.0 Å². The summed E-state index contributed by atoms with van der Waals surface area (Å²) in [7, 11) is 1.78. The van der Waals surface area contributed by atoms with Gasteiger partial charge in [0, 0.05) is 38.9 Å². The van der Waals surface area contributed by atoms with Gasteiger partial charge in [-0.05, 0) is 43.4 Å². The van der Waals surface area contributed by atoms with Gasteiger partial charge in [-0.3, -0.25) is 9.48 Å². The van der Waals surface area contributed by atoms with Gasteiger partial charge in [0.1, 0.15) is 28.2 Å². The molecule has 0 bridgehead atoms. The van der Waals surface area contributed by atoms with Crippen LogP contribution in [0.4, 0.5) is 10.1 Å². The zero-order valence-electron chi connectivity index (χ0n) is 19.9. The first-order valence-electron chi connectivity index (χ1n) is 11.9. The summed E-state index contributed by atoms with van der Waals surface area (Å²) in [6.45, 7) is 3.13. The number of benzene rings is 1. The number of ether oxygens (including phenoxy) is 1. The number of fused-ring (bicyclic) bond motifs is 2. The summed E-state index contributed by atoms with van der Waals surface area (Å²) in [6.07, 6.45) is 6.58. The summed E-state index contributed by atoms with van der Waals surface area (Å²) >= 11 is 0. The number of aryl methyl sites for hydroxylation is 1. The lowest BCUT2D eigenvalue weighted by molar-refractivity contribution is 0.0847. The average molecular weight is 489 g/mol. The summed E-state index contributed by atoms with van der Waals surface area (Å²) in [5.41, 5.74) is 2.82. The third-order valence-corrected chi connectivity index (χ3v) is 6.65. The molecule has 0 amide bonds. The third-order valence-electron chi connectivity index (χ3n) is 6.65. The monoisotopic (exact) mass is 488 g/mol. The van der Waals surface area contributed by atoms with E-state index in [2.05, 4.69) is 35.3 Å². The second-order valence-electron chi connectivity index (χ2n) is 9.08. The van der Waals surface area contributed by atoms with Gasteiger partial charge in [-0.15, -0.1) is 0 Å². The fourth-order valence-electron chi connectivity index (χ4n) is 4.86. The zero-order chi connectivity index (χ0) is 24.8. The summed E-state index contributed by atoms with van der Waals surface area (Å²) in [4.78, 5) is 32.6. The second kappa shape index (κ2) is 8.83. The molecule has 6 rings (SSSR count). The quantitative estimate of drug-likeness (QED) is 0.343. The molecule has 1 aliphatic heterocycles. The van der Waals surface area contributed by atoms with Gasteiger partial charge in [0.25, 0.3) is 5.56 Å². The van der Waals surface area contributed by atoms with Crippen molar-refractivity contribution in [2.24, 2.45) is 7.05 Å². The van der Waals surface area contributed by atoms with E-state index in [4.69, 9.17) is 4.74 Å². The number of H-pyrrole nitrogens is 2. The zero-order valence-corrected chi connectivity index (χ0v) is 19.9. The highest BCUT2D eigenvalue weighted by molar-refractivity contribution is 5.96. The number of nitrogens with zero attached hydrogens (tertiary/aromatic N) is 5. The molecule has 1 saturated heterocycles. The number of hydrogen-bond donors (Lipinski definition) is 3. The Bertz CT molecular complexity index is 1620. The van der Waals surface area contributed by atoms with E-state index < -0.39 is 0 Å². The summed E-state index contributed by atoms with van der Waals surface area (Å²) in [6, 6.07) is 5.03. The predicted octanol–water partition coefficient (Wildman–Crippen LogP) is 3.80. The van der Waals surface area contributed by atoms with Gasteiger partial charge in [0.2, 0.25) is 0 Å². The van der Waals surface area contributed by atoms with Crippen molar-refractivity contribution >= 4 is 27.8 Å². The van der Waals surface area contributed by atoms with Crippen LogP contribution in [-0.2, 0) is 11.8 Å². The molecule has 5 heterocycles. The minimum Gasteiger partial charge on any atom is -0.381 e. The van der Waals surface area contributed by atoms with E-state index in [9.17, 15) is 4.79 Å². The lowest BCUT2D eigenvalue weighted by Crippen LogP contribution is -2.17. The molecule has 184 valence electrons. The van der Waals surface area contributed by atoms with Gasteiger partial charge in [0.15, 0.2) is 5.82 Å². The number of imidazole rings is 1. The number of halogens is 1. The minimum absolute atomic E-state index is 0.0838. The van der Waals surface area contributed by atoms with Crippen LogP contribution >= 0.6 is 0 Å². The number of rotatable bonds is 5. The lowest BCUT2D eigenvalue weighted by Gasteiger charge is -2.22. The first-order valence-corrected chi connectivity index (χ1v) is 11.9. The van der Waals surface area contributed by atoms with Crippen LogP contribution in [0.1, 0.15) is 43.1 Å². The topological polar surface area (TPSA) is 126 Å². The number of aromatic nitrogens is 7. The largest absolute Gasteiger partial charge is 0.381 e. The van der Waals surface area contributed by atoms with Gasteiger partial charge in [-0.2, -0.15) is 5.10 Å². The van der Waals surface area contributed by atoms with Crippen molar-refractivity contribution in [1.29, 1.82) is 0 Å². The third kappa shape index (κ3) is 3.81. The molecule has 11 heteroatoms. The van der Waals surface area contributed by atoms with Crippen molar-refractivity contribution in [3.05, 3.63) is 64.3 Å². The molecule has 0 spiro atoms. The van der Waals surface area contributed by atoms with E-state index >= 15 is 4.39 Å². The normalized spacial score (nSPS) is 15.5. The molecule has 10 nitrogen and oxygen atoms in total. The maximum atomic E-state index is 15.6. The SMILES string of the molecule is C[C@H](Nc1c(-c2nc3c(F)c(C4CCOCC4)ccc3[nH]2)c(=O)[nH]c2cn(C)nc12)c1ncccn1. The smallest absolute Gasteiger partial charge is 0.261 e. The van der Waals surface area contributed by atoms with E-state index in [0.29, 0.717) is 46.8 Å². The first kappa shape index (κ1) is 22.4. The van der Waals surface area contributed by atoms with Crippen molar-refractivity contribution in [1.82, 2.24) is 34.7 Å². The van der Waals surface area contributed by atoms with Crippen LogP contribution in [0.25, 0.3) is 33.5 Å². The summed E-state index contributed by atoms with van der Waals surface area (Å²) in [5, 5.41) is 7.91. The Morgan fingerprint density at radius 1 is 1.14 bits per heavy atom. The van der Waals surface area contributed by atoms with Crippen LogP contribution in [0.3, 0.4) is 0 Å². The maximum absolute atomic E-state index is 15.6. The Morgan fingerprint density at radius 2 is 1.92 bits per heavy atom. The minimum atomic E-state index is -0.372. The average Bonchev–Trinajstić information content (AvgIpc) is 3.48. The van der Waals surface area contributed by atoms with Crippen molar-refractivity contribution < 1.29 is 9.13 Å². The standard InChI is InChI=1S/C25H25FN8O2/c1-13(23-27-8-3-9-28-23)29-22-18(25(35)31-17-12-34(2)33-21(17)22)24-30-16-5-4-15(19(26)20(16)32-24)14-6-10-36-11-7-14/h3-5,8-9,12-14,29H,6-7,10-11H2,1-2H3,(H,30,32)(H,31,35)/t13-/m0/s1. The molecule has 4 aromatic heterocycles. The lowest BCUT2D eigenvalue weighted by atomic mass is 9.91. The second-order valence-corrected chi connectivity index (χ2v) is 9.08. The first-order chi connectivity index (χ1) is 17.5. The maximum Gasteiger partial charge on any atom is 0.261 e. The molecule has 0 aliphatic carbocycles. The van der Waals surface area contributed by atoms with Crippen LogP contribution in [0.2, 0.25) is 0 Å². The van der Waals surface area contributed by atoms with E-state index in [1.165, 1.54) is 0 Å². The Hall–Kier alpha value is -4.12. The van der Waals surface area contributed by atoms with Crippen molar-refractivity contribution in [3.63, 3.8) is 0 Å². The Morgan fingerprint density at radius 3 is 2.69 bits per heavy atom. The molecule has 5 aromatic rings. The molecule has 1 aromatic carbocycles. The molecule has 1 atom stereocenters. The molecular weight excluding hydrogens is 463 g/mol. The van der Waals surface area contributed by atoms with Crippen molar-refractivity contribution in [2.45, 2.75) is 31.7 Å². The molecular formula is C25H25FN8O2. The van der Waals surface area contributed by atoms with Gasteiger partial charge >= 0.3 is 0 Å². The highest BCUT2D eigenvalue weighted by Crippen LogP contribution is 2.35. The molecule has 1 aliphatic rings. The van der Waals surface area contributed by atoms with E-state index in [1.807, 2.05) is 13.0 Å². The number of anilines is 1. The number of pyridine rings is 1. The molecule has 0 unspecified atom stereocenters. The number of aromatic amines is 2. The van der Waals surface area contributed by atoms with Crippen LogP contribution in [0.5, 0.6) is 0 Å². The predicted molar refractivity (Wildman–Crippen MR) is 133 cm³/mol. The Labute approximate surface area is 205 Å². The van der Waals surface area contributed by atoms with Crippen LogP contribution in [0.15, 0.2) is 41.6 Å². The van der Waals surface area contributed by atoms with Crippen LogP contribution in [0, 0.1) is 5.82 Å². The number of hydrogen-bond acceptors (Lipinski definition) is 7. The molecule has 0 saturated carbocycles. The summed E-state index contributed by atoms with van der Waals surface area (Å²) < 4.78 is 22.7. The Kier molecular flexibility index (Phi) is 5.48. The van der Waals surface area contributed by atoms with Gasteiger partial charge in [-0.1, -0.05) is 6.07 Å². The fourth-order valence-corrected chi connectivity index (χ4v) is 4.86. The molecule has 3 N–H and O–H groups in total. The van der Waals surface area contributed by atoms with Crippen LogP contribution in [-0.4, -0.2) is 47.9 Å². The molecule has 0 radical (unpaired) electrons. The van der Waals surface area contributed by atoms with Crippen molar-refractivity contribution in [3.8, 4) is 11.4 Å². The van der Waals surface area contributed by atoms with E-state index in [-0.39, 0.29) is 40.2 Å².